The number of benzene rings is 2. The zero-order valence-corrected chi connectivity index (χ0v) is 21.9. The summed E-state index contributed by atoms with van der Waals surface area (Å²) in [6.45, 7) is 0.888. The summed E-state index contributed by atoms with van der Waals surface area (Å²) in [4.78, 5) is 2.28. The van der Waals surface area contributed by atoms with E-state index < -0.39 is 23.5 Å². The number of likely N-dealkylation sites (N-methyl/N-ethyl adjacent to an activating group) is 1. The number of ether oxygens (including phenoxy) is 2. The van der Waals surface area contributed by atoms with Gasteiger partial charge in [-0.05, 0) is 87.4 Å². The van der Waals surface area contributed by atoms with Crippen molar-refractivity contribution in [3.8, 4) is 11.5 Å². The Kier molecular flexibility index (Phi) is 7.77. The van der Waals surface area contributed by atoms with Crippen LogP contribution in [0.3, 0.4) is 0 Å². The maximum atomic E-state index is 13.2. The molecular weight excluding hydrogens is 532 g/mol. The molecule has 0 bridgehead atoms. The third-order valence-corrected chi connectivity index (χ3v) is 7.89. The Labute approximate surface area is 222 Å². The van der Waals surface area contributed by atoms with E-state index in [4.69, 9.17) is 21.7 Å². The van der Waals surface area contributed by atoms with Crippen molar-refractivity contribution in [2.45, 2.75) is 55.5 Å². The lowest BCUT2D eigenvalue weighted by molar-refractivity contribution is -0.143. The predicted octanol–water partition coefficient (Wildman–Crippen LogP) is 6.22. The van der Waals surface area contributed by atoms with Crippen LogP contribution in [0.4, 0.5) is 32.0 Å². The molecule has 1 heterocycles. The van der Waals surface area contributed by atoms with Crippen LogP contribution in [0, 0.1) is 0 Å². The maximum Gasteiger partial charge on any atom is 0.416 e. The van der Waals surface area contributed by atoms with Gasteiger partial charge in [-0.25, -0.2) is 0 Å². The minimum atomic E-state index is -4.93. The SMILES string of the molecule is COc1ccc([C@@]23CC[C@H](NC(=S)Nc4cc(C(F)(F)F)cc(C(F)(F)F)c4)C[C@H]2N(C)CC3)cc1OC. The lowest BCUT2D eigenvalue weighted by Gasteiger charge is -2.45. The summed E-state index contributed by atoms with van der Waals surface area (Å²) in [5, 5.41) is 5.62. The van der Waals surface area contributed by atoms with Crippen LogP contribution in [-0.2, 0) is 17.8 Å². The first-order chi connectivity index (χ1) is 17.8. The van der Waals surface area contributed by atoms with E-state index in [9.17, 15) is 26.3 Å². The molecule has 4 rings (SSSR count). The van der Waals surface area contributed by atoms with Gasteiger partial charge < -0.3 is 25.0 Å². The monoisotopic (exact) mass is 561 g/mol. The van der Waals surface area contributed by atoms with Crippen LogP contribution in [0.25, 0.3) is 0 Å². The highest BCUT2D eigenvalue weighted by Gasteiger charge is 2.50. The van der Waals surface area contributed by atoms with Crippen molar-refractivity contribution in [1.29, 1.82) is 0 Å². The van der Waals surface area contributed by atoms with E-state index in [1.807, 2.05) is 19.2 Å². The lowest BCUT2D eigenvalue weighted by Crippen LogP contribution is -2.52. The molecule has 3 atom stereocenters. The summed E-state index contributed by atoms with van der Waals surface area (Å²) in [5.74, 6) is 1.29. The third kappa shape index (κ3) is 5.66. The highest BCUT2D eigenvalue weighted by atomic mass is 32.1. The fraction of sp³-hybridized carbons (Fsp3) is 0.500. The van der Waals surface area contributed by atoms with Crippen molar-refractivity contribution < 1.29 is 35.8 Å². The molecule has 5 nitrogen and oxygen atoms in total. The van der Waals surface area contributed by atoms with Crippen molar-refractivity contribution in [2.75, 3.05) is 33.1 Å². The molecule has 1 saturated carbocycles. The van der Waals surface area contributed by atoms with E-state index in [-0.39, 0.29) is 34.4 Å². The Morgan fingerprint density at radius 3 is 2.16 bits per heavy atom. The van der Waals surface area contributed by atoms with Gasteiger partial charge in [-0.1, -0.05) is 6.07 Å². The van der Waals surface area contributed by atoms with Crippen LogP contribution in [0.5, 0.6) is 11.5 Å². The summed E-state index contributed by atoms with van der Waals surface area (Å²) < 4.78 is 90.2. The Morgan fingerprint density at radius 2 is 1.58 bits per heavy atom. The minimum absolute atomic E-state index is 0.0262. The van der Waals surface area contributed by atoms with Crippen LogP contribution in [0.15, 0.2) is 36.4 Å². The second-order valence-corrected chi connectivity index (χ2v) is 10.2. The fourth-order valence-electron chi connectivity index (χ4n) is 5.77. The molecule has 2 aliphatic rings. The van der Waals surface area contributed by atoms with Gasteiger partial charge in [0.05, 0.1) is 25.3 Å². The Hall–Kier alpha value is -2.73. The van der Waals surface area contributed by atoms with Gasteiger partial charge in [0.25, 0.3) is 0 Å². The molecule has 0 radical (unpaired) electrons. The number of thiocarbonyl (C=S) groups is 1. The number of likely N-dealkylation sites (tertiary alicyclic amines) is 1. The summed E-state index contributed by atoms with van der Waals surface area (Å²) in [5.41, 5.74) is -2.15. The second kappa shape index (κ2) is 10.4. The highest BCUT2D eigenvalue weighted by molar-refractivity contribution is 7.80. The van der Waals surface area contributed by atoms with Crippen LogP contribution >= 0.6 is 12.2 Å². The van der Waals surface area contributed by atoms with Gasteiger partial charge in [0.2, 0.25) is 0 Å². The Morgan fingerprint density at radius 1 is 0.947 bits per heavy atom. The molecule has 1 aliphatic heterocycles. The van der Waals surface area contributed by atoms with E-state index in [1.54, 1.807) is 14.2 Å². The van der Waals surface area contributed by atoms with Crippen LogP contribution in [0.2, 0.25) is 0 Å². The standard InChI is InChI=1S/C26H29F6N3O2S/c1-35-9-8-24(15-4-5-20(36-2)21(13-15)37-3)7-6-18(14-22(24)35)33-23(38)34-19-11-16(25(27,28)29)10-17(12-19)26(30,31)32/h4-5,10-13,18,22H,6-9,14H2,1-3H3,(H2,33,34,38)/t18-,22+,24-/m0/s1. The molecule has 208 valence electrons. The first kappa shape index (κ1) is 28.3. The number of halogens is 6. The van der Waals surface area contributed by atoms with Gasteiger partial charge in [0.15, 0.2) is 16.6 Å². The molecule has 2 N–H and O–H groups in total. The third-order valence-electron chi connectivity index (χ3n) is 7.67. The van der Waals surface area contributed by atoms with Crippen molar-refractivity contribution in [3.05, 3.63) is 53.1 Å². The normalized spacial score (nSPS) is 24.0. The number of hydrogen-bond donors (Lipinski definition) is 2. The number of nitrogens with one attached hydrogen (secondary N) is 2. The average Bonchev–Trinajstić information content (AvgIpc) is 3.19. The number of fused-ring (bicyclic) bond motifs is 1. The molecule has 2 aromatic rings. The molecule has 0 unspecified atom stereocenters. The van der Waals surface area contributed by atoms with Gasteiger partial charge in [0.1, 0.15) is 0 Å². The molecular formula is C26H29F6N3O2S. The first-order valence-electron chi connectivity index (χ1n) is 12.1. The summed E-state index contributed by atoms with van der Waals surface area (Å²) in [7, 11) is 5.22. The molecule has 2 aromatic carbocycles. The van der Waals surface area contributed by atoms with Crippen LogP contribution in [-0.4, -0.2) is 49.9 Å². The molecule has 12 heteroatoms. The van der Waals surface area contributed by atoms with E-state index in [0.29, 0.717) is 30.1 Å². The fourth-order valence-corrected chi connectivity index (χ4v) is 6.06. The summed E-state index contributed by atoms with van der Waals surface area (Å²) >= 11 is 5.29. The zero-order chi connectivity index (χ0) is 27.9. The number of rotatable bonds is 5. The maximum absolute atomic E-state index is 13.2. The minimum Gasteiger partial charge on any atom is -0.493 e. The number of methoxy groups -OCH3 is 2. The summed E-state index contributed by atoms with van der Waals surface area (Å²) in [6, 6.07) is 7.34. The first-order valence-corrected chi connectivity index (χ1v) is 12.5. The molecule has 1 aliphatic carbocycles. The Balaban J connectivity index is 1.50. The van der Waals surface area contributed by atoms with E-state index in [1.165, 1.54) is 0 Å². The molecule has 1 saturated heterocycles. The van der Waals surface area contributed by atoms with Crippen molar-refractivity contribution in [2.24, 2.45) is 0 Å². The van der Waals surface area contributed by atoms with Crippen LogP contribution in [0.1, 0.15) is 42.4 Å². The quantitative estimate of drug-likeness (QED) is 0.334. The molecule has 0 aromatic heterocycles. The molecule has 38 heavy (non-hydrogen) atoms. The van der Waals surface area contributed by atoms with Gasteiger partial charge in [0, 0.05) is 23.2 Å². The summed E-state index contributed by atoms with van der Waals surface area (Å²) in [6.07, 6.45) is -6.68. The predicted molar refractivity (Wildman–Crippen MR) is 136 cm³/mol. The number of anilines is 1. The average molecular weight is 562 g/mol. The smallest absolute Gasteiger partial charge is 0.416 e. The molecule has 2 fully saturated rings. The van der Waals surface area contributed by atoms with E-state index in [2.05, 4.69) is 21.6 Å². The number of alkyl halides is 6. The zero-order valence-electron chi connectivity index (χ0n) is 21.1. The van der Waals surface area contributed by atoms with E-state index >= 15 is 0 Å². The number of hydrogen-bond acceptors (Lipinski definition) is 4. The molecule has 0 amide bonds. The Bertz CT molecular complexity index is 1160. The van der Waals surface area contributed by atoms with Gasteiger partial charge in [-0.3, -0.25) is 0 Å². The van der Waals surface area contributed by atoms with Gasteiger partial charge >= 0.3 is 12.4 Å². The van der Waals surface area contributed by atoms with E-state index in [0.717, 1.165) is 31.4 Å². The topological polar surface area (TPSA) is 45.8 Å². The van der Waals surface area contributed by atoms with Crippen molar-refractivity contribution in [1.82, 2.24) is 10.2 Å². The molecule has 0 spiro atoms. The lowest BCUT2D eigenvalue weighted by atomic mass is 9.65. The van der Waals surface area contributed by atoms with Crippen molar-refractivity contribution >= 4 is 23.0 Å². The second-order valence-electron chi connectivity index (χ2n) is 9.84. The number of nitrogens with zero attached hydrogens (tertiary/aromatic N) is 1. The largest absolute Gasteiger partial charge is 0.493 e. The van der Waals surface area contributed by atoms with Gasteiger partial charge in [-0.2, -0.15) is 26.3 Å². The van der Waals surface area contributed by atoms with Crippen LogP contribution < -0.4 is 20.1 Å². The highest BCUT2D eigenvalue weighted by Crippen LogP contribution is 2.50. The van der Waals surface area contributed by atoms with Gasteiger partial charge in [-0.15, -0.1) is 0 Å². The van der Waals surface area contributed by atoms with Crippen molar-refractivity contribution in [3.63, 3.8) is 0 Å².